The lowest BCUT2D eigenvalue weighted by atomic mass is 9.86. The summed E-state index contributed by atoms with van der Waals surface area (Å²) in [5, 5.41) is 0. The molecule has 32 heavy (non-hydrogen) atoms. The average molecular weight is 576 g/mol. The van der Waals surface area contributed by atoms with Gasteiger partial charge in [-0.3, -0.25) is 0 Å². The molecule has 0 radical (unpaired) electrons. The Balaban J connectivity index is 1.81. The van der Waals surface area contributed by atoms with E-state index in [1.54, 1.807) is 12.1 Å². The van der Waals surface area contributed by atoms with Crippen molar-refractivity contribution in [2.45, 2.75) is 78.1 Å². The van der Waals surface area contributed by atoms with Gasteiger partial charge in [0.25, 0.3) is 0 Å². The highest BCUT2D eigenvalue weighted by Gasteiger charge is 2.23. The Morgan fingerprint density at radius 3 is 1.28 bits per heavy atom. The first-order valence-electron chi connectivity index (χ1n) is 11.1. The van der Waals surface area contributed by atoms with Crippen LogP contribution in [0, 0.1) is 11.6 Å². The summed E-state index contributed by atoms with van der Waals surface area (Å²) in [4.78, 5) is 0. The lowest BCUT2D eigenvalue weighted by Crippen LogP contribution is -2.15. The van der Waals surface area contributed by atoms with Crippen molar-refractivity contribution in [3.63, 3.8) is 0 Å². The zero-order chi connectivity index (χ0) is 24.1. The van der Waals surface area contributed by atoms with Gasteiger partial charge in [0.15, 0.2) is 0 Å². The van der Waals surface area contributed by atoms with Crippen LogP contribution in [0.25, 0.3) is 0 Å². The van der Waals surface area contributed by atoms with Crippen molar-refractivity contribution in [1.29, 1.82) is 0 Å². The molecule has 0 aliphatic rings. The number of halogens is 4. The Kier molecular flexibility index (Phi) is 9.59. The minimum atomic E-state index is -0.267. The maximum atomic E-state index is 13.8. The van der Waals surface area contributed by atoms with Gasteiger partial charge in [0.2, 0.25) is 0 Å². The third kappa shape index (κ3) is 7.72. The van der Waals surface area contributed by atoms with E-state index in [1.165, 1.54) is 12.1 Å². The van der Waals surface area contributed by atoms with Crippen LogP contribution in [0.2, 0.25) is 0 Å². The lowest BCUT2D eigenvalue weighted by molar-refractivity contribution is 0.278. The van der Waals surface area contributed by atoms with Crippen LogP contribution >= 0.6 is 31.9 Å². The molecule has 0 bridgehead atoms. The van der Waals surface area contributed by atoms with E-state index in [0.717, 1.165) is 48.3 Å². The van der Waals surface area contributed by atoms with Gasteiger partial charge in [-0.2, -0.15) is 0 Å². The van der Waals surface area contributed by atoms with Gasteiger partial charge in [0.05, 0.1) is 22.2 Å². The zero-order valence-corrected chi connectivity index (χ0v) is 23.1. The molecule has 0 unspecified atom stereocenters. The molecule has 2 nitrogen and oxygen atoms in total. The Bertz CT molecular complexity index is 840. The molecule has 0 N–H and O–H groups in total. The molecule has 2 rings (SSSR count). The zero-order valence-electron chi connectivity index (χ0n) is 19.9. The normalized spacial score (nSPS) is 12.2. The molecule has 6 heteroatoms. The molecule has 0 heterocycles. The van der Waals surface area contributed by atoms with Crippen LogP contribution in [0.4, 0.5) is 8.78 Å². The van der Waals surface area contributed by atoms with E-state index in [2.05, 4.69) is 31.9 Å². The van der Waals surface area contributed by atoms with Crippen molar-refractivity contribution in [2.24, 2.45) is 0 Å². The molecule has 178 valence electrons. The monoisotopic (exact) mass is 574 g/mol. The van der Waals surface area contributed by atoms with Crippen LogP contribution < -0.4 is 9.47 Å². The maximum Gasteiger partial charge on any atom is 0.137 e. The Morgan fingerprint density at radius 1 is 0.625 bits per heavy atom. The minimum absolute atomic E-state index is 0.210. The molecule has 2 aromatic rings. The number of rotatable bonds is 9. The van der Waals surface area contributed by atoms with Crippen molar-refractivity contribution < 1.29 is 18.3 Å². The highest BCUT2D eigenvalue weighted by molar-refractivity contribution is 9.10. The molecule has 0 spiro atoms. The number of hydrogen-bond acceptors (Lipinski definition) is 2. The van der Waals surface area contributed by atoms with Gasteiger partial charge in [-0.25, -0.2) is 8.78 Å². The fourth-order valence-electron chi connectivity index (χ4n) is 3.43. The first-order valence-corrected chi connectivity index (χ1v) is 12.6. The van der Waals surface area contributed by atoms with Crippen molar-refractivity contribution in [3.8, 4) is 11.5 Å². The van der Waals surface area contributed by atoms with Crippen LogP contribution in [0.3, 0.4) is 0 Å². The summed E-state index contributed by atoms with van der Waals surface area (Å²) in [6.45, 7) is 13.4. The van der Waals surface area contributed by atoms with Crippen LogP contribution in [-0.2, 0) is 10.8 Å². The van der Waals surface area contributed by atoms with E-state index in [9.17, 15) is 8.78 Å². The first-order chi connectivity index (χ1) is 14.8. The van der Waals surface area contributed by atoms with Gasteiger partial charge < -0.3 is 9.47 Å². The largest absolute Gasteiger partial charge is 0.492 e. The maximum absolute atomic E-state index is 13.8. The van der Waals surface area contributed by atoms with E-state index in [1.807, 2.05) is 41.5 Å². The molecular formula is C26H34Br2F2O2. The van der Waals surface area contributed by atoms with Gasteiger partial charge in [0.1, 0.15) is 23.1 Å². The predicted octanol–water partition coefficient (Wildman–Crippen LogP) is 9.10. The van der Waals surface area contributed by atoms with E-state index >= 15 is 0 Å². The molecule has 0 amide bonds. The predicted molar refractivity (Wildman–Crippen MR) is 135 cm³/mol. The first kappa shape index (κ1) is 27.1. The van der Waals surface area contributed by atoms with E-state index in [0.29, 0.717) is 22.2 Å². The molecule has 0 aliphatic heterocycles. The van der Waals surface area contributed by atoms with Crippen LogP contribution in [0.15, 0.2) is 33.2 Å². The van der Waals surface area contributed by atoms with Gasteiger partial charge in [-0.05, 0) is 92.6 Å². The second kappa shape index (κ2) is 11.3. The number of ether oxygens (including phenoxy) is 2. The number of unbranched alkanes of at least 4 members (excludes halogenated alkanes) is 3. The highest BCUT2D eigenvalue weighted by atomic mass is 79.9. The number of hydrogen-bond donors (Lipinski definition) is 0. The van der Waals surface area contributed by atoms with Gasteiger partial charge in [-0.15, -0.1) is 0 Å². The van der Waals surface area contributed by atoms with Gasteiger partial charge >= 0.3 is 0 Å². The molecular weight excluding hydrogens is 542 g/mol. The molecule has 0 atom stereocenters. The third-order valence-electron chi connectivity index (χ3n) is 5.16. The van der Waals surface area contributed by atoms with Crippen molar-refractivity contribution >= 4 is 31.9 Å². The van der Waals surface area contributed by atoms with Crippen molar-refractivity contribution in [1.82, 2.24) is 0 Å². The Morgan fingerprint density at radius 2 is 0.969 bits per heavy atom. The molecule has 0 aromatic heterocycles. The SMILES string of the molecule is CC(C)(C)c1cc(F)cc(Br)c1OCCCCCCOc1c(Br)cc(F)cc1C(C)(C)C. The van der Waals surface area contributed by atoms with E-state index < -0.39 is 0 Å². The standard InChI is InChI=1S/C26H34Br2F2O2/c1-25(2,3)19-13-17(29)15-21(27)23(19)31-11-9-7-8-10-12-32-24-20(26(4,5)6)14-18(30)16-22(24)28/h13-16H,7-12H2,1-6H3. The van der Waals surface area contributed by atoms with Crippen molar-refractivity contribution in [2.75, 3.05) is 13.2 Å². The number of benzene rings is 2. The summed E-state index contributed by atoms with van der Waals surface area (Å²) in [6, 6.07) is 6.00. The van der Waals surface area contributed by atoms with Crippen LogP contribution in [0.5, 0.6) is 11.5 Å². The molecule has 0 saturated carbocycles. The summed E-state index contributed by atoms with van der Waals surface area (Å²) >= 11 is 6.87. The smallest absolute Gasteiger partial charge is 0.137 e. The van der Waals surface area contributed by atoms with Crippen molar-refractivity contribution in [3.05, 3.63) is 56.0 Å². The highest BCUT2D eigenvalue weighted by Crippen LogP contribution is 2.39. The Hall–Kier alpha value is -1.14. The summed E-state index contributed by atoms with van der Waals surface area (Å²) in [6.07, 6.45) is 3.81. The third-order valence-corrected chi connectivity index (χ3v) is 6.34. The fraction of sp³-hybridized carbons (Fsp3) is 0.538. The topological polar surface area (TPSA) is 18.5 Å². The summed E-state index contributed by atoms with van der Waals surface area (Å²) in [7, 11) is 0. The van der Waals surface area contributed by atoms with Crippen LogP contribution in [0.1, 0.15) is 78.4 Å². The summed E-state index contributed by atoms with van der Waals surface area (Å²) < 4.78 is 41.0. The van der Waals surface area contributed by atoms with Crippen LogP contribution in [-0.4, -0.2) is 13.2 Å². The molecule has 0 fully saturated rings. The fourth-order valence-corrected chi connectivity index (χ4v) is 4.53. The molecule has 2 aromatic carbocycles. The quantitative estimate of drug-likeness (QED) is 0.277. The molecule has 0 aliphatic carbocycles. The van der Waals surface area contributed by atoms with E-state index in [-0.39, 0.29) is 22.5 Å². The lowest BCUT2D eigenvalue weighted by Gasteiger charge is -2.24. The Labute approximate surface area is 208 Å². The minimum Gasteiger partial charge on any atom is -0.492 e. The second-order valence-electron chi connectivity index (χ2n) is 10.1. The van der Waals surface area contributed by atoms with Gasteiger partial charge in [-0.1, -0.05) is 41.5 Å². The molecule has 0 saturated heterocycles. The van der Waals surface area contributed by atoms with E-state index in [4.69, 9.17) is 9.47 Å². The average Bonchev–Trinajstić information content (AvgIpc) is 2.64. The summed E-state index contributed by atoms with van der Waals surface area (Å²) in [5.74, 6) is 0.907. The summed E-state index contributed by atoms with van der Waals surface area (Å²) in [5.41, 5.74) is 1.30. The van der Waals surface area contributed by atoms with Gasteiger partial charge in [0, 0.05) is 11.1 Å². The second-order valence-corrected chi connectivity index (χ2v) is 11.8.